The van der Waals surface area contributed by atoms with Crippen LogP contribution in [0.5, 0.6) is 0 Å². The van der Waals surface area contributed by atoms with Gasteiger partial charge >= 0.3 is 0 Å². The fourth-order valence-electron chi connectivity index (χ4n) is 3.31. The van der Waals surface area contributed by atoms with Gasteiger partial charge in [0.2, 0.25) is 5.91 Å². The summed E-state index contributed by atoms with van der Waals surface area (Å²) in [7, 11) is 0. The van der Waals surface area contributed by atoms with Crippen LogP contribution in [0.25, 0.3) is 0 Å². The first-order valence-electron chi connectivity index (χ1n) is 7.26. The summed E-state index contributed by atoms with van der Waals surface area (Å²) in [6.07, 6.45) is 4.96. The molecule has 1 amide bonds. The van der Waals surface area contributed by atoms with E-state index in [1.54, 1.807) is 6.07 Å². The molecule has 0 spiro atoms. The fourth-order valence-corrected chi connectivity index (χ4v) is 3.31. The second-order valence-corrected chi connectivity index (χ2v) is 5.54. The van der Waals surface area contributed by atoms with Gasteiger partial charge in [0, 0.05) is 5.92 Å². The van der Waals surface area contributed by atoms with Gasteiger partial charge in [0.05, 0.1) is 6.54 Å². The van der Waals surface area contributed by atoms with Crippen LogP contribution in [-0.2, 0) is 4.79 Å². The molecular formula is C16H19N3O. The minimum Gasteiger partial charge on any atom is -0.320 e. The highest BCUT2D eigenvalue weighted by atomic mass is 16.2. The SMILES string of the molecule is NCC#Cc1cccc(NC(=O)C2C3CCCCC32)n1. The Kier molecular flexibility index (Phi) is 3.70. The lowest BCUT2D eigenvalue weighted by Gasteiger charge is -2.04. The number of pyridine rings is 1. The van der Waals surface area contributed by atoms with Crippen molar-refractivity contribution in [3.05, 3.63) is 23.9 Å². The Morgan fingerprint density at radius 2 is 2.10 bits per heavy atom. The van der Waals surface area contributed by atoms with Crippen molar-refractivity contribution >= 4 is 11.7 Å². The molecule has 3 rings (SSSR count). The van der Waals surface area contributed by atoms with Gasteiger partial charge in [-0.15, -0.1) is 0 Å². The molecule has 2 unspecified atom stereocenters. The van der Waals surface area contributed by atoms with Crippen molar-refractivity contribution in [3.8, 4) is 11.8 Å². The number of nitrogens with one attached hydrogen (secondary N) is 1. The maximum Gasteiger partial charge on any atom is 0.229 e. The molecule has 2 fully saturated rings. The first-order chi connectivity index (χ1) is 9.79. The standard InChI is InChI=1S/C16H19N3O/c17-10-4-6-11-5-3-9-14(18-11)19-16(20)15-12-7-1-2-8-13(12)15/h3,5,9,12-13,15H,1-2,7-8,10,17H2,(H,18,19,20). The van der Waals surface area contributed by atoms with Gasteiger partial charge < -0.3 is 11.1 Å². The van der Waals surface area contributed by atoms with Crippen molar-refractivity contribution in [1.29, 1.82) is 0 Å². The monoisotopic (exact) mass is 269 g/mol. The van der Waals surface area contributed by atoms with Crippen LogP contribution in [0, 0.1) is 29.6 Å². The number of nitrogens with two attached hydrogens (primary N) is 1. The van der Waals surface area contributed by atoms with Gasteiger partial charge in [-0.3, -0.25) is 4.79 Å². The number of anilines is 1. The number of carbonyl (C=O) groups is 1. The number of carbonyl (C=O) groups excluding carboxylic acids is 1. The molecule has 0 aliphatic heterocycles. The third-order valence-electron chi connectivity index (χ3n) is 4.28. The molecule has 4 nitrogen and oxygen atoms in total. The molecule has 2 aliphatic rings. The Balaban J connectivity index is 1.64. The molecular weight excluding hydrogens is 250 g/mol. The summed E-state index contributed by atoms with van der Waals surface area (Å²) < 4.78 is 0. The Hall–Kier alpha value is -1.86. The maximum absolute atomic E-state index is 12.3. The number of rotatable bonds is 2. The van der Waals surface area contributed by atoms with E-state index in [0.717, 1.165) is 0 Å². The summed E-state index contributed by atoms with van der Waals surface area (Å²) in [5.41, 5.74) is 5.98. The van der Waals surface area contributed by atoms with Crippen LogP contribution in [-0.4, -0.2) is 17.4 Å². The molecule has 4 heteroatoms. The number of aromatic nitrogens is 1. The Labute approximate surface area is 119 Å². The lowest BCUT2D eigenvalue weighted by Crippen LogP contribution is -2.16. The Morgan fingerprint density at radius 1 is 1.35 bits per heavy atom. The second-order valence-electron chi connectivity index (χ2n) is 5.54. The molecule has 3 N–H and O–H groups in total. The van der Waals surface area contributed by atoms with Crippen LogP contribution in [0.4, 0.5) is 5.82 Å². The first kappa shape index (κ1) is 13.1. The van der Waals surface area contributed by atoms with Crippen molar-refractivity contribution in [3.63, 3.8) is 0 Å². The zero-order chi connectivity index (χ0) is 13.9. The number of fused-ring (bicyclic) bond motifs is 1. The van der Waals surface area contributed by atoms with E-state index in [9.17, 15) is 4.79 Å². The van der Waals surface area contributed by atoms with E-state index in [-0.39, 0.29) is 11.8 Å². The zero-order valence-electron chi connectivity index (χ0n) is 11.4. The van der Waals surface area contributed by atoms with Gasteiger partial charge in [-0.1, -0.05) is 24.8 Å². The molecule has 0 bridgehead atoms. The highest BCUT2D eigenvalue weighted by Gasteiger charge is 2.54. The maximum atomic E-state index is 12.3. The average molecular weight is 269 g/mol. The predicted molar refractivity (Wildman–Crippen MR) is 77.7 cm³/mol. The van der Waals surface area contributed by atoms with Crippen molar-refractivity contribution in [1.82, 2.24) is 4.98 Å². The lowest BCUT2D eigenvalue weighted by molar-refractivity contribution is -0.117. The molecule has 0 aromatic carbocycles. The van der Waals surface area contributed by atoms with Gasteiger partial charge in [0.15, 0.2) is 0 Å². The molecule has 2 atom stereocenters. The molecule has 0 radical (unpaired) electrons. The Bertz CT molecular complexity index is 561. The second kappa shape index (κ2) is 5.64. The largest absolute Gasteiger partial charge is 0.320 e. The minimum atomic E-state index is 0.123. The van der Waals surface area contributed by atoms with Crippen LogP contribution >= 0.6 is 0 Å². The van der Waals surface area contributed by atoms with Gasteiger partial charge in [-0.25, -0.2) is 4.98 Å². The summed E-state index contributed by atoms with van der Waals surface area (Å²) in [4.78, 5) is 16.6. The lowest BCUT2D eigenvalue weighted by atomic mass is 10.0. The first-order valence-corrected chi connectivity index (χ1v) is 7.26. The van der Waals surface area contributed by atoms with Crippen molar-refractivity contribution in [2.45, 2.75) is 25.7 Å². The number of hydrogen-bond donors (Lipinski definition) is 2. The van der Waals surface area contributed by atoms with E-state index in [2.05, 4.69) is 22.1 Å². The summed E-state index contributed by atoms with van der Waals surface area (Å²) >= 11 is 0. The third-order valence-corrected chi connectivity index (χ3v) is 4.28. The number of nitrogens with zero attached hydrogens (tertiary/aromatic N) is 1. The van der Waals surface area contributed by atoms with E-state index in [4.69, 9.17) is 5.73 Å². The molecule has 1 heterocycles. The topological polar surface area (TPSA) is 68.0 Å². The predicted octanol–water partition coefficient (Wildman–Crippen LogP) is 1.77. The molecule has 1 aromatic rings. The van der Waals surface area contributed by atoms with E-state index >= 15 is 0 Å². The molecule has 1 aromatic heterocycles. The summed E-state index contributed by atoms with van der Waals surface area (Å²) in [5.74, 6) is 7.78. The molecule has 2 aliphatic carbocycles. The van der Waals surface area contributed by atoms with Crippen LogP contribution in [0.3, 0.4) is 0 Å². The van der Waals surface area contributed by atoms with E-state index in [1.165, 1.54) is 25.7 Å². The van der Waals surface area contributed by atoms with Gasteiger partial charge in [0.25, 0.3) is 0 Å². The molecule has 104 valence electrons. The number of amides is 1. The van der Waals surface area contributed by atoms with E-state index in [0.29, 0.717) is 29.9 Å². The van der Waals surface area contributed by atoms with Gasteiger partial charge in [0.1, 0.15) is 11.5 Å². The summed E-state index contributed by atoms with van der Waals surface area (Å²) in [5, 5.41) is 2.93. The van der Waals surface area contributed by atoms with Crippen LogP contribution in [0.15, 0.2) is 18.2 Å². The normalized spacial score (nSPS) is 26.9. The number of hydrogen-bond acceptors (Lipinski definition) is 3. The van der Waals surface area contributed by atoms with Crippen LogP contribution in [0.2, 0.25) is 0 Å². The highest BCUT2D eigenvalue weighted by molar-refractivity contribution is 5.94. The smallest absolute Gasteiger partial charge is 0.229 e. The van der Waals surface area contributed by atoms with Crippen molar-refractivity contribution in [2.75, 3.05) is 11.9 Å². The zero-order valence-corrected chi connectivity index (χ0v) is 11.4. The average Bonchev–Trinajstić information content (AvgIpc) is 3.20. The van der Waals surface area contributed by atoms with Gasteiger partial charge in [-0.2, -0.15) is 0 Å². The van der Waals surface area contributed by atoms with Crippen LogP contribution < -0.4 is 11.1 Å². The van der Waals surface area contributed by atoms with E-state index < -0.39 is 0 Å². The molecule has 2 saturated carbocycles. The molecule has 0 saturated heterocycles. The van der Waals surface area contributed by atoms with Gasteiger partial charge in [-0.05, 0) is 42.7 Å². The van der Waals surface area contributed by atoms with Crippen molar-refractivity contribution in [2.24, 2.45) is 23.5 Å². The quantitative estimate of drug-likeness (QED) is 0.804. The van der Waals surface area contributed by atoms with Crippen LogP contribution in [0.1, 0.15) is 31.4 Å². The highest BCUT2D eigenvalue weighted by Crippen LogP contribution is 2.55. The Morgan fingerprint density at radius 3 is 2.80 bits per heavy atom. The molecule has 20 heavy (non-hydrogen) atoms. The fraction of sp³-hybridized carbons (Fsp3) is 0.500. The minimum absolute atomic E-state index is 0.123. The van der Waals surface area contributed by atoms with E-state index in [1.807, 2.05) is 12.1 Å². The summed E-state index contributed by atoms with van der Waals surface area (Å²) in [6.45, 7) is 0.309. The summed E-state index contributed by atoms with van der Waals surface area (Å²) in [6, 6.07) is 5.47. The third kappa shape index (κ3) is 2.68. The van der Waals surface area contributed by atoms with Crippen molar-refractivity contribution < 1.29 is 4.79 Å².